The predicted octanol–water partition coefficient (Wildman–Crippen LogP) is 1.09. The smallest absolute Gasteiger partial charge is 0.496 e. The highest BCUT2D eigenvalue weighted by atomic mass is 28.4. The van der Waals surface area contributed by atoms with Crippen LogP contribution in [-0.4, -0.2) is 37.2 Å². The van der Waals surface area contributed by atoms with Crippen molar-refractivity contribution in [3.8, 4) is 5.75 Å². The Morgan fingerprint density at radius 2 is 1.50 bits per heavy atom. The summed E-state index contributed by atoms with van der Waals surface area (Å²) in [5.41, 5.74) is 1.03. The number of benzene rings is 1. The molecule has 90 valence electrons. The minimum absolute atomic E-state index is 0.843. The van der Waals surface area contributed by atoms with Crippen molar-refractivity contribution in [2.75, 3.05) is 28.4 Å². The van der Waals surface area contributed by atoms with E-state index < -0.39 is 8.80 Å². The molecule has 5 heteroatoms. The first-order valence-corrected chi connectivity index (χ1v) is 6.66. The van der Waals surface area contributed by atoms with Gasteiger partial charge in [-0.15, -0.1) is 0 Å². The van der Waals surface area contributed by atoms with Crippen LogP contribution in [-0.2, 0) is 13.3 Å². The van der Waals surface area contributed by atoms with Gasteiger partial charge < -0.3 is 18.0 Å². The molecule has 0 saturated carbocycles. The fraction of sp³-hybridized carbons (Fsp3) is 0.455. The molecular weight excluding hydrogens is 224 g/mol. The van der Waals surface area contributed by atoms with Gasteiger partial charge in [0.05, 0.1) is 7.11 Å². The van der Waals surface area contributed by atoms with E-state index in [4.69, 9.17) is 18.0 Å². The number of rotatable bonds is 5. The summed E-state index contributed by atoms with van der Waals surface area (Å²) in [6, 6.07) is 5.78. The van der Waals surface area contributed by atoms with E-state index in [1.54, 1.807) is 28.4 Å². The molecule has 0 aliphatic rings. The van der Waals surface area contributed by atoms with Gasteiger partial charge in [0.1, 0.15) is 5.75 Å². The average Bonchev–Trinajstić information content (AvgIpc) is 2.32. The molecule has 4 nitrogen and oxygen atoms in total. The Labute approximate surface area is 97.5 Å². The van der Waals surface area contributed by atoms with Crippen LogP contribution < -0.4 is 9.92 Å². The Morgan fingerprint density at radius 1 is 0.938 bits per heavy atom. The highest BCUT2D eigenvalue weighted by Gasteiger charge is 2.40. The van der Waals surface area contributed by atoms with Crippen LogP contribution in [0.1, 0.15) is 5.56 Å². The summed E-state index contributed by atoms with van der Waals surface area (Å²) in [7, 11) is 3.72. The van der Waals surface area contributed by atoms with E-state index >= 15 is 0 Å². The van der Waals surface area contributed by atoms with Gasteiger partial charge in [0.25, 0.3) is 0 Å². The molecule has 0 spiro atoms. The third-order valence-electron chi connectivity index (χ3n) is 2.55. The van der Waals surface area contributed by atoms with Crippen LogP contribution in [0.15, 0.2) is 18.2 Å². The largest absolute Gasteiger partial charge is 0.536 e. The third kappa shape index (κ3) is 2.27. The first-order chi connectivity index (χ1) is 7.63. The molecule has 0 aliphatic heterocycles. The van der Waals surface area contributed by atoms with Crippen LogP contribution in [0.5, 0.6) is 5.75 Å². The van der Waals surface area contributed by atoms with Gasteiger partial charge in [-0.25, -0.2) is 0 Å². The molecule has 0 atom stereocenters. The second-order valence-electron chi connectivity index (χ2n) is 3.35. The minimum atomic E-state index is -2.72. The molecule has 1 aromatic carbocycles. The molecule has 0 saturated heterocycles. The summed E-state index contributed by atoms with van der Waals surface area (Å²) >= 11 is 0. The lowest BCUT2D eigenvalue weighted by Gasteiger charge is -2.25. The highest BCUT2D eigenvalue weighted by Crippen LogP contribution is 2.17. The average molecular weight is 242 g/mol. The van der Waals surface area contributed by atoms with Gasteiger partial charge in [0, 0.05) is 26.5 Å². The van der Waals surface area contributed by atoms with E-state index in [0.717, 1.165) is 16.5 Å². The number of ether oxygens (including phenoxy) is 1. The van der Waals surface area contributed by atoms with Crippen molar-refractivity contribution >= 4 is 14.0 Å². The second kappa shape index (κ2) is 5.45. The van der Waals surface area contributed by atoms with Gasteiger partial charge in [-0.2, -0.15) is 0 Å². The normalized spacial score (nSPS) is 11.6. The molecule has 0 amide bonds. The van der Waals surface area contributed by atoms with E-state index in [9.17, 15) is 0 Å². The molecule has 0 aromatic heterocycles. The molecule has 0 aliphatic carbocycles. The molecule has 0 bridgehead atoms. The topological polar surface area (TPSA) is 36.9 Å². The zero-order chi connectivity index (χ0) is 12.2. The lowest BCUT2D eigenvalue weighted by atomic mass is 10.2. The van der Waals surface area contributed by atoms with Crippen LogP contribution in [0.3, 0.4) is 0 Å². The van der Waals surface area contributed by atoms with Gasteiger partial charge in [0.15, 0.2) is 0 Å². The van der Waals surface area contributed by atoms with E-state index in [1.807, 2.05) is 25.1 Å². The van der Waals surface area contributed by atoms with Gasteiger partial charge in [-0.3, -0.25) is 0 Å². The summed E-state index contributed by atoms with van der Waals surface area (Å²) in [5.74, 6) is 0.843. The van der Waals surface area contributed by atoms with E-state index in [1.165, 1.54) is 0 Å². The SMILES string of the molecule is COc1ccc([Si](OC)(OC)OC)cc1C. The Balaban J connectivity index is 3.16. The maximum absolute atomic E-state index is 5.40. The fourth-order valence-electron chi connectivity index (χ4n) is 1.67. The summed E-state index contributed by atoms with van der Waals surface area (Å²) in [6.07, 6.45) is 0. The number of hydrogen-bond donors (Lipinski definition) is 0. The summed E-state index contributed by atoms with van der Waals surface area (Å²) in [5, 5.41) is 0.929. The quantitative estimate of drug-likeness (QED) is 0.724. The molecule has 0 radical (unpaired) electrons. The molecule has 0 fully saturated rings. The maximum Gasteiger partial charge on any atom is 0.536 e. The van der Waals surface area contributed by atoms with Crippen molar-refractivity contribution in [1.82, 2.24) is 0 Å². The Kier molecular flexibility index (Phi) is 4.49. The van der Waals surface area contributed by atoms with Crippen LogP contribution in [0.25, 0.3) is 0 Å². The van der Waals surface area contributed by atoms with Crippen LogP contribution in [0, 0.1) is 6.92 Å². The van der Waals surface area contributed by atoms with Crippen molar-refractivity contribution in [2.45, 2.75) is 6.92 Å². The van der Waals surface area contributed by atoms with Crippen molar-refractivity contribution < 1.29 is 18.0 Å². The Morgan fingerprint density at radius 3 is 1.88 bits per heavy atom. The molecule has 0 unspecified atom stereocenters. The summed E-state index contributed by atoms with van der Waals surface area (Å²) < 4.78 is 21.4. The van der Waals surface area contributed by atoms with Gasteiger partial charge >= 0.3 is 8.80 Å². The lowest BCUT2D eigenvalue weighted by Crippen LogP contribution is -2.54. The lowest BCUT2D eigenvalue weighted by molar-refractivity contribution is 0.140. The van der Waals surface area contributed by atoms with Gasteiger partial charge in [-0.1, -0.05) is 6.07 Å². The molecule has 0 heterocycles. The standard InChI is InChI=1S/C11H18O4Si/c1-9-8-10(6-7-11(9)12-2)16(13-3,14-4)15-5/h6-8H,1-5H3. The zero-order valence-electron chi connectivity index (χ0n) is 10.4. The summed E-state index contributed by atoms with van der Waals surface area (Å²) in [6.45, 7) is 1.97. The molecule has 1 rings (SSSR count). The number of hydrogen-bond acceptors (Lipinski definition) is 4. The number of methoxy groups -OCH3 is 1. The Hall–Kier alpha value is -0.883. The monoisotopic (exact) mass is 242 g/mol. The molecule has 1 aromatic rings. The molecule has 16 heavy (non-hydrogen) atoms. The third-order valence-corrected chi connectivity index (χ3v) is 5.19. The highest BCUT2D eigenvalue weighted by molar-refractivity contribution is 6.75. The summed E-state index contributed by atoms with van der Waals surface area (Å²) in [4.78, 5) is 0. The van der Waals surface area contributed by atoms with Crippen LogP contribution in [0.4, 0.5) is 0 Å². The Bertz CT molecular complexity index is 342. The predicted molar refractivity (Wildman–Crippen MR) is 64.1 cm³/mol. The second-order valence-corrected chi connectivity index (χ2v) is 6.27. The zero-order valence-corrected chi connectivity index (χ0v) is 11.4. The van der Waals surface area contributed by atoms with Crippen LogP contribution in [0.2, 0.25) is 0 Å². The van der Waals surface area contributed by atoms with Crippen molar-refractivity contribution in [3.63, 3.8) is 0 Å². The van der Waals surface area contributed by atoms with Crippen molar-refractivity contribution in [3.05, 3.63) is 23.8 Å². The van der Waals surface area contributed by atoms with Gasteiger partial charge in [-0.05, 0) is 24.6 Å². The van der Waals surface area contributed by atoms with Crippen LogP contribution >= 0.6 is 0 Å². The van der Waals surface area contributed by atoms with Crippen molar-refractivity contribution in [1.29, 1.82) is 0 Å². The van der Waals surface area contributed by atoms with Crippen molar-refractivity contribution in [2.24, 2.45) is 0 Å². The molecule has 0 N–H and O–H groups in total. The maximum atomic E-state index is 5.40. The first kappa shape index (κ1) is 13.2. The van der Waals surface area contributed by atoms with E-state index in [2.05, 4.69) is 0 Å². The molecular formula is C11H18O4Si. The first-order valence-electron chi connectivity index (χ1n) is 4.94. The van der Waals surface area contributed by atoms with Gasteiger partial charge in [0.2, 0.25) is 0 Å². The minimum Gasteiger partial charge on any atom is -0.496 e. The fourth-order valence-corrected chi connectivity index (χ4v) is 3.56. The van der Waals surface area contributed by atoms with E-state index in [-0.39, 0.29) is 0 Å². The van der Waals surface area contributed by atoms with E-state index in [0.29, 0.717) is 0 Å². The number of aryl methyl sites for hydroxylation is 1.